The molecule has 0 heterocycles. The third-order valence-electron chi connectivity index (χ3n) is 3.25. The SMILES string of the molecule is COCCCOC(=O)C1CCC(CN)CC1. The van der Waals surface area contributed by atoms with Gasteiger partial charge in [-0.05, 0) is 38.1 Å². The van der Waals surface area contributed by atoms with Gasteiger partial charge in [0.2, 0.25) is 0 Å². The van der Waals surface area contributed by atoms with Gasteiger partial charge in [0, 0.05) is 20.1 Å². The van der Waals surface area contributed by atoms with Gasteiger partial charge in [0.05, 0.1) is 12.5 Å². The van der Waals surface area contributed by atoms with Crippen molar-refractivity contribution in [3.63, 3.8) is 0 Å². The molecular weight excluding hydrogens is 206 g/mol. The van der Waals surface area contributed by atoms with Crippen molar-refractivity contribution in [1.29, 1.82) is 0 Å². The van der Waals surface area contributed by atoms with Gasteiger partial charge >= 0.3 is 5.97 Å². The minimum atomic E-state index is -0.0356. The fourth-order valence-corrected chi connectivity index (χ4v) is 2.13. The standard InChI is InChI=1S/C12H23NO3/c1-15-7-2-8-16-12(14)11-5-3-10(9-13)4-6-11/h10-11H,2-9,13H2,1H3. The van der Waals surface area contributed by atoms with Crippen LogP contribution in [-0.2, 0) is 14.3 Å². The van der Waals surface area contributed by atoms with E-state index in [2.05, 4.69) is 0 Å². The van der Waals surface area contributed by atoms with Crippen LogP contribution in [0.3, 0.4) is 0 Å². The van der Waals surface area contributed by atoms with E-state index in [-0.39, 0.29) is 11.9 Å². The molecule has 0 radical (unpaired) electrons. The molecule has 94 valence electrons. The summed E-state index contributed by atoms with van der Waals surface area (Å²) in [6, 6.07) is 0. The van der Waals surface area contributed by atoms with Crippen molar-refractivity contribution in [2.75, 3.05) is 26.9 Å². The van der Waals surface area contributed by atoms with Crippen molar-refractivity contribution in [2.45, 2.75) is 32.1 Å². The molecule has 0 atom stereocenters. The average Bonchev–Trinajstić information content (AvgIpc) is 2.34. The highest BCUT2D eigenvalue weighted by molar-refractivity contribution is 5.72. The van der Waals surface area contributed by atoms with Crippen molar-refractivity contribution in [2.24, 2.45) is 17.6 Å². The molecule has 0 aromatic heterocycles. The molecule has 16 heavy (non-hydrogen) atoms. The van der Waals surface area contributed by atoms with Gasteiger partial charge in [-0.25, -0.2) is 0 Å². The van der Waals surface area contributed by atoms with Gasteiger partial charge in [0.1, 0.15) is 0 Å². The van der Waals surface area contributed by atoms with E-state index in [0.29, 0.717) is 19.1 Å². The van der Waals surface area contributed by atoms with E-state index in [4.69, 9.17) is 15.2 Å². The number of hydrogen-bond donors (Lipinski definition) is 1. The van der Waals surface area contributed by atoms with E-state index < -0.39 is 0 Å². The highest BCUT2D eigenvalue weighted by atomic mass is 16.5. The van der Waals surface area contributed by atoms with Crippen LogP contribution in [0.5, 0.6) is 0 Å². The minimum Gasteiger partial charge on any atom is -0.465 e. The van der Waals surface area contributed by atoms with Crippen LogP contribution in [-0.4, -0.2) is 32.8 Å². The van der Waals surface area contributed by atoms with Gasteiger partial charge in [-0.15, -0.1) is 0 Å². The molecular formula is C12H23NO3. The predicted molar refractivity (Wildman–Crippen MR) is 62.0 cm³/mol. The normalized spacial score (nSPS) is 25.4. The van der Waals surface area contributed by atoms with Crippen molar-refractivity contribution >= 4 is 5.97 Å². The molecule has 1 aliphatic rings. The summed E-state index contributed by atoms with van der Waals surface area (Å²) >= 11 is 0. The van der Waals surface area contributed by atoms with Crippen LogP contribution in [0.4, 0.5) is 0 Å². The van der Waals surface area contributed by atoms with E-state index in [0.717, 1.165) is 38.6 Å². The van der Waals surface area contributed by atoms with Gasteiger partial charge in [-0.2, -0.15) is 0 Å². The number of methoxy groups -OCH3 is 1. The Kier molecular flexibility index (Phi) is 6.42. The Balaban J connectivity index is 2.13. The predicted octanol–water partition coefficient (Wildman–Crippen LogP) is 1.33. The number of ether oxygens (including phenoxy) is 2. The van der Waals surface area contributed by atoms with Gasteiger partial charge in [-0.3, -0.25) is 4.79 Å². The molecule has 1 saturated carbocycles. The molecule has 0 amide bonds. The van der Waals surface area contributed by atoms with Gasteiger partial charge in [-0.1, -0.05) is 0 Å². The van der Waals surface area contributed by atoms with E-state index in [1.54, 1.807) is 7.11 Å². The third kappa shape index (κ3) is 4.49. The number of carbonyl (C=O) groups excluding carboxylic acids is 1. The molecule has 0 aliphatic heterocycles. The van der Waals surface area contributed by atoms with Crippen LogP contribution >= 0.6 is 0 Å². The van der Waals surface area contributed by atoms with Crippen LogP contribution in [0, 0.1) is 11.8 Å². The molecule has 0 aromatic rings. The van der Waals surface area contributed by atoms with Gasteiger partial charge in [0.25, 0.3) is 0 Å². The summed E-state index contributed by atoms with van der Waals surface area (Å²) in [6.45, 7) is 1.87. The van der Waals surface area contributed by atoms with Gasteiger partial charge < -0.3 is 15.2 Å². The molecule has 4 nitrogen and oxygen atoms in total. The topological polar surface area (TPSA) is 61.5 Å². The third-order valence-corrected chi connectivity index (χ3v) is 3.25. The summed E-state index contributed by atoms with van der Waals surface area (Å²) < 4.78 is 10.1. The Morgan fingerprint density at radius 2 is 1.94 bits per heavy atom. The van der Waals surface area contributed by atoms with Crippen LogP contribution < -0.4 is 5.73 Å². The fraction of sp³-hybridized carbons (Fsp3) is 0.917. The maximum Gasteiger partial charge on any atom is 0.308 e. The lowest BCUT2D eigenvalue weighted by Gasteiger charge is -2.26. The molecule has 0 unspecified atom stereocenters. The van der Waals surface area contributed by atoms with Crippen LogP contribution in [0.15, 0.2) is 0 Å². The Labute approximate surface area is 97.5 Å². The lowest BCUT2D eigenvalue weighted by molar-refractivity contribution is -0.150. The molecule has 1 rings (SSSR count). The summed E-state index contributed by atoms with van der Waals surface area (Å²) in [4.78, 5) is 11.7. The molecule has 1 aliphatic carbocycles. The smallest absolute Gasteiger partial charge is 0.308 e. The largest absolute Gasteiger partial charge is 0.465 e. The van der Waals surface area contributed by atoms with Crippen molar-refractivity contribution in [3.05, 3.63) is 0 Å². The zero-order chi connectivity index (χ0) is 11.8. The second-order valence-electron chi connectivity index (χ2n) is 4.47. The van der Waals surface area contributed by atoms with E-state index in [1.165, 1.54) is 0 Å². The van der Waals surface area contributed by atoms with Gasteiger partial charge in [0.15, 0.2) is 0 Å². The first kappa shape index (κ1) is 13.5. The fourth-order valence-electron chi connectivity index (χ4n) is 2.13. The summed E-state index contributed by atoms with van der Waals surface area (Å²) in [6.07, 6.45) is 4.78. The number of nitrogens with two attached hydrogens (primary N) is 1. The molecule has 0 spiro atoms. The summed E-state index contributed by atoms with van der Waals surface area (Å²) in [5, 5.41) is 0. The highest BCUT2D eigenvalue weighted by Gasteiger charge is 2.26. The lowest BCUT2D eigenvalue weighted by atomic mass is 9.82. The molecule has 0 saturated heterocycles. The highest BCUT2D eigenvalue weighted by Crippen LogP contribution is 2.28. The zero-order valence-corrected chi connectivity index (χ0v) is 10.1. The van der Waals surface area contributed by atoms with Crippen molar-refractivity contribution in [3.8, 4) is 0 Å². The average molecular weight is 229 g/mol. The second-order valence-corrected chi connectivity index (χ2v) is 4.47. The number of rotatable bonds is 6. The molecule has 0 aromatic carbocycles. The van der Waals surface area contributed by atoms with Crippen molar-refractivity contribution < 1.29 is 14.3 Å². The van der Waals surface area contributed by atoms with E-state index in [1.807, 2.05) is 0 Å². The second kappa shape index (κ2) is 7.63. The molecule has 0 bridgehead atoms. The molecule has 2 N–H and O–H groups in total. The van der Waals surface area contributed by atoms with Crippen LogP contribution in [0.1, 0.15) is 32.1 Å². The number of carbonyl (C=O) groups is 1. The first-order chi connectivity index (χ1) is 7.77. The minimum absolute atomic E-state index is 0.0356. The van der Waals surface area contributed by atoms with Crippen LogP contribution in [0.2, 0.25) is 0 Å². The summed E-state index contributed by atoms with van der Waals surface area (Å²) in [5.41, 5.74) is 5.61. The van der Waals surface area contributed by atoms with Crippen molar-refractivity contribution in [1.82, 2.24) is 0 Å². The first-order valence-corrected chi connectivity index (χ1v) is 6.13. The lowest BCUT2D eigenvalue weighted by Crippen LogP contribution is -2.27. The summed E-state index contributed by atoms with van der Waals surface area (Å²) in [5.74, 6) is 0.675. The monoisotopic (exact) mass is 229 g/mol. The number of esters is 1. The zero-order valence-electron chi connectivity index (χ0n) is 10.1. The Bertz CT molecular complexity index is 200. The Morgan fingerprint density at radius 1 is 1.25 bits per heavy atom. The Morgan fingerprint density at radius 3 is 2.50 bits per heavy atom. The first-order valence-electron chi connectivity index (χ1n) is 6.13. The van der Waals surface area contributed by atoms with Crippen LogP contribution in [0.25, 0.3) is 0 Å². The number of hydrogen-bond acceptors (Lipinski definition) is 4. The maximum absolute atomic E-state index is 11.7. The summed E-state index contributed by atoms with van der Waals surface area (Å²) in [7, 11) is 1.65. The molecule has 4 heteroatoms. The maximum atomic E-state index is 11.7. The van der Waals surface area contributed by atoms with E-state index in [9.17, 15) is 4.79 Å². The Hall–Kier alpha value is -0.610. The quantitative estimate of drug-likeness (QED) is 0.551. The van der Waals surface area contributed by atoms with E-state index >= 15 is 0 Å². The molecule has 1 fully saturated rings.